The Kier molecular flexibility index (Phi) is 5.98. The van der Waals surface area contributed by atoms with E-state index in [9.17, 15) is 9.18 Å². The van der Waals surface area contributed by atoms with Crippen molar-refractivity contribution in [1.82, 2.24) is 9.97 Å². The van der Waals surface area contributed by atoms with Crippen LogP contribution < -0.4 is 27.0 Å². The molecule has 160 valence electrons. The van der Waals surface area contributed by atoms with Crippen LogP contribution in [0.5, 0.6) is 0 Å². The summed E-state index contributed by atoms with van der Waals surface area (Å²) in [5.74, 6) is -1.13. The van der Waals surface area contributed by atoms with Crippen LogP contribution >= 0.6 is 0 Å². The summed E-state index contributed by atoms with van der Waals surface area (Å²) >= 11 is 0. The van der Waals surface area contributed by atoms with E-state index in [1.807, 2.05) is 6.07 Å². The molecular weight excluding hydrogens is 385 g/mol. The molecule has 1 amide bonds. The van der Waals surface area contributed by atoms with Crippen molar-refractivity contribution >= 4 is 28.9 Å². The number of nitrogens with one attached hydrogen (secondary N) is 2. The highest BCUT2D eigenvalue weighted by Crippen LogP contribution is 2.28. The molecule has 9 heteroatoms. The molecule has 0 radical (unpaired) electrons. The van der Waals surface area contributed by atoms with Crippen molar-refractivity contribution in [2.45, 2.75) is 50.6 Å². The minimum atomic E-state index is -0.756. The van der Waals surface area contributed by atoms with Gasteiger partial charge < -0.3 is 27.0 Å². The number of pyridine rings is 2. The van der Waals surface area contributed by atoms with Crippen molar-refractivity contribution in [1.29, 1.82) is 0 Å². The first-order valence-electron chi connectivity index (χ1n) is 10.5. The van der Waals surface area contributed by atoms with Crippen LogP contribution in [-0.2, 0) is 0 Å². The molecule has 1 aliphatic heterocycles. The first kappa shape index (κ1) is 20.3. The molecule has 0 unspecified atom stereocenters. The predicted molar refractivity (Wildman–Crippen MR) is 116 cm³/mol. The monoisotopic (exact) mass is 413 g/mol. The van der Waals surface area contributed by atoms with Crippen LogP contribution in [0.4, 0.5) is 27.4 Å². The summed E-state index contributed by atoms with van der Waals surface area (Å²) in [6.45, 7) is 1.98. The number of hydrogen-bond acceptors (Lipinski definition) is 7. The molecule has 3 heterocycles. The molecule has 2 atom stereocenters. The number of hydrogen-bond donors (Lipinski definition) is 4. The van der Waals surface area contributed by atoms with E-state index in [-0.39, 0.29) is 29.3 Å². The van der Waals surface area contributed by atoms with Crippen LogP contribution in [0.1, 0.15) is 48.9 Å². The lowest BCUT2D eigenvalue weighted by Gasteiger charge is -2.30. The highest BCUT2D eigenvalue weighted by Gasteiger charge is 2.24. The Labute approximate surface area is 175 Å². The van der Waals surface area contributed by atoms with Crippen molar-refractivity contribution in [3.8, 4) is 0 Å². The molecule has 2 aromatic heterocycles. The topological polar surface area (TPSA) is 122 Å². The van der Waals surface area contributed by atoms with Gasteiger partial charge in [0.15, 0.2) is 11.6 Å². The number of halogens is 1. The number of nitrogens with zero attached hydrogens (tertiary/aromatic N) is 3. The third-order valence-electron chi connectivity index (χ3n) is 5.84. The maximum Gasteiger partial charge on any atom is 0.252 e. The fraction of sp³-hybridized carbons (Fsp3) is 0.476. The largest absolute Gasteiger partial charge is 0.370 e. The Morgan fingerprint density at radius 1 is 1.10 bits per heavy atom. The summed E-state index contributed by atoms with van der Waals surface area (Å²) < 4.78 is 14.7. The normalized spacial score (nSPS) is 21.5. The first-order valence-corrected chi connectivity index (χ1v) is 10.5. The van der Waals surface area contributed by atoms with Gasteiger partial charge in [0.2, 0.25) is 0 Å². The fourth-order valence-electron chi connectivity index (χ4n) is 4.17. The third kappa shape index (κ3) is 4.46. The minimum absolute atomic E-state index is 0.0161. The molecule has 1 aliphatic carbocycles. The van der Waals surface area contributed by atoms with Crippen LogP contribution in [0, 0.1) is 5.82 Å². The van der Waals surface area contributed by atoms with Crippen LogP contribution in [0.2, 0.25) is 0 Å². The smallest absolute Gasteiger partial charge is 0.252 e. The Morgan fingerprint density at radius 3 is 2.60 bits per heavy atom. The van der Waals surface area contributed by atoms with E-state index in [1.54, 1.807) is 12.4 Å². The zero-order valence-electron chi connectivity index (χ0n) is 16.9. The minimum Gasteiger partial charge on any atom is -0.370 e. The molecule has 4 rings (SSSR count). The first-order chi connectivity index (χ1) is 14.5. The van der Waals surface area contributed by atoms with Gasteiger partial charge in [-0.15, -0.1) is 0 Å². The maximum absolute atomic E-state index is 14.7. The summed E-state index contributed by atoms with van der Waals surface area (Å²) in [6.07, 6.45) is 9.60. The lowest BCUT2D eigenvalue weighted by molar-refractivity contribution is 0.100. The lowest BCUT2D eigenvalue weighted by atomic mass is 9.91. The molecule has 2 aliphatic rings. The van der Waals surface area contributed by atoms with Gasteiger partial charge in [0.05, 0.1) is 29.3 Å². The maximum atomic E-state index is 14.7. The SMILES string of the molecule is NC(=O)c1cc(F)c(N[C@@H]2CCCC[C@@H]2N)nc1Nc1cncc(N2CCCC2)c1. The number of nitrogens with two attached hydrogens (primary N) is 2. The highest BCUT2D eigenvalue weighted by atomic mass is 19.1. The van der Waals surface area contributed by atoms with Gasteiger partial charge in [-0.25, -0.2) is 9.37 Å². The number of carbonyl (C=O) groups is 1. The van der Waals surface area contributed by atoms with E-state index >= 15 is 0 Å². The van der Waals surface area contributed by atoms with E-state index < -0.39 is 11.7 Å². The van der Waals surface area contributed by atoms with Gasteiger partial charge in [0.1, 0.15) is 5.82 Å². The standard InChI is InChI=1S/C21H28FN7O/c22-16-10-15(19(24)30)20(28-21(16)27-18-6-2-1-5-17(18)23)26-13-9-14(12-25-11-13)29-7-3-4-8-29/h9-12,17-18H,1-8,23H2,(H2,24,30)(H2,26,27,28)/t17-,18+/m0/s1. The van der Waals surface area contributed by atoms with Gasteiger partial charge in [0, 0.05) is 25.2 Å². The summed E-state index contributed by atoms with van der Waals surface area (Å²) in [5.41, 5.74) is 13.3. The van der Waals surface area contributed by atoms with E-state index in [0.717, 1.165) is 63.4 Å². The summed E-state index contributed by atoms with van der Waals surface area (Å²) in [4.78, 5) is 22.8. The summed E-state index contributed by atoms with van der Waals surface area (Å²) in [6, 6.07) is 2.94. The van der Waals surface area contributed by atoms with E-state index in [0.29, 0.717) is 5.69 Å². The van der Waals surface area contributed by atoms with Crippen molar-refractivity contribution < 1.29 is 9.18 Å². The summed E-state index contributed by atoms with van der Waals surface area (Å²) in [5, 5.41) is 6.22. The van der Waals surface area contributed by atoms with Crippen molar-refractivity contribution in [3.05, 3.63) is 35.9 Å². The number of amides is 1. The fourth-order valence-corrected chi connectivity index (χ4v) is 4.17. The molecular formula is C21H28FN7O. The average molecular weight is 414 g/mol. The number of aromatic nitrogens is 2. The molecule has 1 saturated carbocycles. The van der Waals surface area contributed by atoms with Crippen molar-refractivity contribution in [2.75, 3.05) is 28.6 Å². The van der Waals surface area contributed by atoms with Gasteiger partial charge in [-0.3, -0.25) is 9.78 Å². The molecule has 1 saturated heterocycles. The average Bonchev–Trinajstić information content (AvgIpc) is 3.27. The molecule has 8 nitrogen and oxygen atoms in total. The van der Waals surface area contributed by atoms with Gasteiger partial charge in [-0.05, 0) is 37.8 Å². The molecule has 30 heavy (non-hydrogen) atoms. The third-order valence-corrected chi connectivity index (χ3v) is 5.84. The van der Waals surface area contributed by atoms with Gasteiger partial charge in [-0.1, -0.05) is 12.8 Å². The van der Waals surface area contributed by atoms with E-state index in [4.69, 9.17) is 11.5 Å². The zero-order valence-corrected chi connectivity index (χ0v) is 16.9. The molecule has 0 spiro atoms. The predicted octanol–water partition coefficient (Wildman–Crippen LogP) is 2.74. The number of anilines is 4. The Bertz CT molecular complexity index is 916. The van der Waals surface area contributed by atoms with Crippen LogP contribution in [0.15, 0.2) is 24.5 Å². The molecule has 2 aromatic rings. The lowest BCUT2D eigenvalue weighted by Crippen LogP contribution is -2.43. The van der Waals surface area contributed by atoms with Crippen molar-refractivity contribution in [3.63, 3.8) is 0 Å². The molecule has 0 aromatic carbocycles. The van der Waals surface area contributed by atoms with Crippen molar-refractivity contribution in [2.24, 2.45) is 11.5 Å². The van der Waals surface area contributed by atoms with Gasteiger partial charge in [0.25, 0.3) is 5.91 Å². The highest BCUT2D eigenvalue weighted by molar-refractivity contribution is 5.98. The van der Waals surface area contributed by atoms with Crippen LogP contribution in [0.3, 0.4) is 0 Å². The molecule has 6 N–H and O–H groups in total. The van der Waals surface area contributed by atoms with Crippen LogP contribution in [0.25, 0.3) is 0 Å². The molecule has 2 fully saturated rings. The van der Waals surface area contributed by atoms with E-state index in [1.165, 1.54) is 0 Å². The molecule has 0 bridgehead atoms. The number of primary amides is 1. The Balaban J connectivity index is 1.61. The number of rotatable bonds is 6. The second-order valence-corrected chi connectivity index (χ2v) is 8.03. The van der Waals surface area contributed by atoms with Gasteiger partial charge in [-0.2, -0.15) is 0 Å². The Hall–Kier alpha value is -2.94. The second-order valence-electron chi connectivity index (χ2n) is 8.03. The zero-order chi connectivity index (χ0) is 21.1. The van der Waals surface area contributed by atoms with Gasteiger partial charge >= 0.3 is 0 Å². The second kappa shape index (κ2) is 8.83. The van der Waals surface area contributed by atoms with Crippen LogP contribution in [-0.4, -0.2) is 41.0 Å². The Morgan fingerprint density at radius 2 is 1.87 bits per heavy atom. The quantitative estimate of drug-likeness (QED) is 0.574. The number of carbonyl (C=O) groups excluding carboxylic acids is 1. The summed E-state index contributed by atoms with van der Waals surface area (Å²) in [7, 11) is 0. The van der Waals surface area contributed by atoms with E-state index in [2.05, 4.69) is 25.5 Å².